The highest BCUT2D eigenvalue weighted by atomic mass is 16.7. The van der Waals surface area contributed by atoms with Crippen LogP contribution in [-0.4, -0.2) is 67.4 Å². The predicted octanol–water partition coefficient (Wildman–Crippen LogP) is -0.584. The van der Waals surface area contributed by atoms with E-state index in [1.54, 1.807) is 20.0 Å². The van der Waals surface area contributed by atoms with Gasteiger partial charge in [-0.15, -0.1) is 0 Å². The third-order valence-electron chi connectivity index (χ3n) is 5.04. The number of carbonyl (C=O) groups excluding carboxylic acids is 2. The van der Waals surface area contributed by atoms with Crippen LogP contribution in [0.3, 0.4) is 0 Å². The summed E-state index contributed by atoms with van der Waals surface area (Å²) >= 11 is 0. The van der Waals surface area contributed by atoms with Crippen LogP contribution < -0.4 is 11.1 Å². The van der Waals surface area contributed by atoms with Gasteiger partial charge >= 0.3 is 26.2 Å². The van der Waals surface area contributed by atoms with Crippen molar-refractivity contribution in [3.63, 3.8) is 0 Å². The van der Waals surface area contributed by atoms with Gasteiger partial charge < -0.3 is 18.6 Å². The average molecular weight is 374 g/mol. The van der Waals surface area contributed by atoms with Crippen molar-refractivity contribution in [2.24, 2.45) is 0 Å². The Morgan fingerprint density at radius 3 is 2.00 bits per heavy atom. The number of carbonyl (C=O) groups is 2. The Kier molecular flexibility index (Phi) is 5.09. The van der Waals surface area contributed by atoms with E-state index < -0.39 is 37.4 Å². The van der Waals surface area contributed by atoms with Gasteiger partial charge in [-0.1, -0.05) is 0 Å². The Hall–Kier alpha value is -1.90. The van der Waals surface area contributed by atoms with E-state index in [0.29, 0.717) is 11.3 Å². The highest BCUT2D eigenvalue weighted by Crippen LogP contribution is 2.36. The molecule has 2 aliphatic heterocycles. The van der Waals surface area contributed by atoms with E-state index in [-0.39, 0.29) is 13.1 Å². The molecular weight excluding hydrogens is 350 g/mol. The van der Waals surface area contributed by atoms with E-state index >= 15 is 0 Å². The first-order valence-electron chi connectivity index (χ1n) is 8.88. The van der Waals surface area contributed by atoms with Crippen LogP contribution in [0.15, 0.2) is 12.1 Å². The Morgan fingerprint density at radius 1 is 0.963 bits per heavy atom. The van der Waals surface area contributed by atoms with E-state index in [4.69, 9.17) is 18.6 Å². The molecule has 2 aliphatic rings. The molecule has 0 N–H and O–H groups in total. The first-order chi connectivity index (χ1) is 12.5. The van der Waals surface area contributed by atoms with Crippen molar-refractivity contribution >= 4 is 37.2 Å². The summed E-state index contributed by atoms with van der Waals surface area (Å²) < 4.78 is 22.8. The van der Waals surface area contributed by atoms with Crippen molar-refractivity contribution in [2.75, 3.05) is 20.1 Å². The number of aromatic nitrogens is 1. The van der Waals surface area contributed by atoms with Crippen LogP contribution in [0.5, 0.6) is 0 Å². The number of hydrogen-bond acceptors (Lipinski definition) is 8. The zero-order chi connectivity index (χ0) is 20.0. The molecular formula is C17H24B2N2O6. The summed E-state index contributed by atoms with van der Waals surface area (Å²) in [5, 5.41) is 0. The highest BCUT2D eigenvalue weighted by molar-refractivity contribution is 6.66. The van der Waals surface area contributed by atoms with Crippen LogP contribution >= 0.6 is 0 Å². The van der Waals surface area contributed by atoms with Gasteiger partial charge in [-0.05, 0) is 59.3 Å². The van der Waals surface area contributed by atoms with Crippen LogP contribution in [0, 0.1) is 6.92 Å². The molecule has 1 aromatic rings. The van der Waals surface area contributed by atoms with Crippen LogP contribution in [0.1, 0.15) is 33.4 Å². The summed E-state index contributed by atoms with van der Waals surface area (Å²) in [4.78, 5) is 29.9. The maximum atomic E-state index is 12.0. The summed E-state index contributed by atoms with van der Waals surface area (Å²) in [5.74, 6) is -0.981. The summed E-state index contributed by atoms with van der Waals surface area (Å²) in [7, 11) is -0.147. The van der Waals surface area contributed by atoms with Crippen LogP contribution in [0.4, 0.5) is 0 Å². The fourth-order valence-corrected chi connectivity index (χ4v) is 2.91. The number of aryl methyl sites for hydroxylation is 1. The molecule has 0 amide bonds. The van der Waals surface area contributed by atoms with Crippen molar-refractivity contribution in [3.8, 4) is 0 Å². The molecule has 0 radical (unpaired) electrons. The Bertz CT molecular complexity index is 734. The van der Waals surface area contributed by atoms with Crippen molar-refractivity contribution in [1.29, 1.82) is 0 Å². The molecule has 1 aromatic heterocycles. The quantitative estimate of drug-likeness (QED) is 0.636. The maximum Gasteiger partial charge on any atom is 0.656 e. The number of likely N-dealkylation sites (N-methyl/N-ethyl adjacent to an activating group) is 1. The number of hydrogen-bond donors (Lipinski definition) is 0. The van der Waals surface area contributed by atoms with Gasteiger partial charge in [-0.2, -0.15) is 0 Å². The maximum absolute atomic E-state index is 12.0. The van der Waals surface area contributed by atoms with Gasteiger partial charge in [0.1, 0.15) is 5.59 Å². The lowest BCUT2D eigenvalue weighted by atomic mass is 9.74. The minimum absolute atomic E-state index is 0.00149. The molecule has 144 valence electrons. The van der Waals surface area contributed by atoms with E-state index in [1.807, 2.05) is 33.8 Å². The summed E-state index contributed by atoms with van der Waals surface area (Å²) in [6, 6.07) is 3.53. The summed E-state index contributed by atoms with van der Waals surface area (Å²) in [6.45, 7) is 9.68. The Labute approximate surface area is 159 Å². The van der Waals surface area contributed by atoms with E-state index in [9.17, 15) is 9.59 Å². The standard InChI is InChI=1S/C17H24B2N2O6/c1-11-7-12(18-26-16(2,3)17(4,5)27-18)8-13(20-11)19-24-14(22)9-21(6)10-15(23)25-19/h7-8H,9-10H2,1-6H3. The molecule has 0 unspecified atom stereocenters. The zero-order valence-corrected chi connectivity index (χ0v) is 16.6. The number of nitrogens with zero attached hydrogens (tertiary/aromatic N) is 2. The summed E-state index contributed by atoms with van der Waals surface area (Å²) in [6.07, 6.45) is 0. The first-order valence-corrected chi connectivity index (χ1v) is 8.88. The van der Waals surface area contributed by atoms with Gasteiger partial charge in [0.2, 0.25) is 0 Å². The molecule has 0 spiro atoms. The van der Waals surface area contributed by atoms with Gasteiger partial charge in [-0.25, -0.2) is 0 Å². The third kappa shape index (κ3) is 4.17. The van der Waals surface area contributed by atoms with Crippen LogP contribution in [0.2, 0.25) is 0 Å². The lowest BCUT2D eigenvalue weighted by molar-refractivity contribution is -0.145. The molecule has 2 fully saturated rings. The Morgan fingerprint density at radius 2 is 1.48 bits per heavy atom. The predicted molar refractivity (Wildman–Crippen MR) is 99.8 cm³/mol. The molecule has 0 aromatic carbocycles. The fourth-order valence-electron chi connectivity index (χ4n) is 2.91. The molecule has 10 heteroatoms. The average Bonchev–Trinajstić information content (AvgIpc) is 2.72. The molecule has 2 saturated heterocycles. The molecule has 27 heavy (non-hydrogen) atoms. The fraction of sp³-hybridized carbons (Fsp3) is 0.588. The van der Waals surface area contributed by atoms with Crippen LogP contribution in [-0.2, 0) is 28.2 Å². The minimum Gasteiger partial charge on any atom is -0.493 e. The number of pyridine rings is 1. The molecule has 3 heterocycles. The molecule has 0 saturated carbocycles. The highest BCUT2D eigenvalue weighted by Gasteiger charge is 2.52. The van der Waals surface area contributed by atoms with Gasteiger partial charge in [-0.3, -0.25) is 19.5 Å². The second-order valence-corrected chi connectivity index (χ2v) is 8.04. The molecule has 0 bridgehead atoms. The SMILES string of the molecule is Cc1cc(B2OC(C)(C)C(C)(C)O2)cc(B2OC(=O)CN(C)CC(=O)O2)n1. The smallest absolute Gasteiger partial charge is 0.493 e. The van der Waals surface area contributed by atoms with Crippen LogP contribution in [0.25, 0.3) is 0 Å². The van der Waals surface area contributed by atoms with E-state index in [2.05, 4.69) is 4.98 Å². The third-order valence-corrected chi connectivity index (χ3v) is 5.04. The largest absolute Gasteiger partial charge is 0.656 e. The van der Waals surface area contributed by atoms with Gasteiger partial charge in [0.25, 0.3) is 0 Å². The van der Waals surface area contributed by atoms with Crippen molar-refractivity contribution in [3.05, 3.63) is 17.8 Å². The normalized spacial score (nSPS) is 22.9. The van der Waals surface area contributed by atoms with Gasteiger partial charge in [0.15, 0.2) is 0 Å². The monoisotopic (exact) mass is 374 g/mol. The zero-order valence-electron chi connectivity index (χ0n) is 16.6. The molecule has 0 aliphatic carbocycles. The Balaban J connectivity index is 1.89. The van der Waals surface area contributed by atoms with E-state index in [1.165, 1.54) is 4.90 Å². The summed E-state index contributed by atoms with van der Waals surface area (Å²) in [5.41, 5.74) is 0.745. The van der Waals surface area contributed by atoms with Crippen molar-refractivity contribution < 1.29 is 28.2 Å². The molecule has 3 rings (SSSR count). The van der Waals surface area contributed by atoms with Gasteiger partial charge in [0.05, 0.1) is 24.3 Å². The molecule has 0 atom stereocenters. The number of rotatable bonds is 2. The van der Waals surface area contributed by atoms with Gasteiger partial charge in [0, 0.05) is 5.69 Å². The lowest BCUT2D eigenvalue weighted by Crippen LogP contribution is -2.50. The minimum atomic E-state index is -1.19. The second kappa shape index (κ2) is 6.92. The second-order valence-electron chi connectivity index (χ2n) is 8.04. The van der Waals surface area contributed by atoms with Crippen molar-refractivity contribution in [2.45, 2.75) is 45.8 Å². The topological polar surface area (TPSA) is 87.2 Å². The first kappa shape index (κ1) is 19.9. The van der Waals surface area contributed by atoms with Crippen molar-refractivity contribution in [1.82, 2.24) is 9.88 Å². The lowest BCUT2D eigenvalue weighted by Gasteiger charge is -2.32. The molecule has 8 nitrogen and oxygen atoms in total. The van der Waals surface area contributed by atoms with E-state index in [0.717, 1.165) is 5.46 Å².